The molecule has 0 radical (unpaired) electrons. The van der Waals surface area contributed by atoms with Crippen molar-refractivity contribution in [1.29, 1.82) is 0 Å². The molecule has 6 heteroatoms. The average Bonchev–Trinajstić information content (AvgIpc) is 2.44. The Bertz CT molecular complexity index is 692. The molecule has 0 aromatic heterocycles. The van der Waals surface area contributed by atoms with Gasteiger partial charge in [0.2, 0.25) is 0 Å². The molecule has 0 saturated heterocycles. The Kier molecular flexibility index (Phi) is 5.27. The zero-order valence-electron chi connectivity index (χ0n) is 12.3. The number of hydrogen-bond acceptors (Lipinski definition) is 2. The lowest BCUT2D eigenvalue weighted by Crippen LogP contribution is -2.17. The van der Waals surface area contributed by atoms with Crippen molar-refractivity contribution in [2.75, 3.05) is 14.1 Å². The first kappa shape index (κ1) is 17.0. The van der Waals surface area contributed by atoms with Gasteiger partial charge >= 0.3 is 0 Å². The smallest absolute Gasteiger partial charge is 0.167 e. The summed E-state index contributed by atoms with van der Waals surface area (Å²) in [6.07, 6.45) is 0. The van der Waals surface area contributed by atoms with Gasteiger partial charge in [-0.15, -0.1) is 0 Å². The predicted molar refractivity (Wildman–Crippen MR) is 85.0 cm³/mol. The zero-order valence-corrected chi connectivity index (χ0v) is 13.8. The highest BCUT2D eigenvalue weighted by molar-refractivity contribution is 6.31. The molecule has 1 atom stereocenters. The Morgan fingerprint density at radius 3 is 2.27 bits per heavy atom. The molecule has 0 aliphatic rings. The molecular formula is C16H15Cl2F2NO. The normalized spacial score (nSPS) is 12.5. The van der Waals surface area contributed by atoms with Crippen molar-refractivity contribution < 1.29 is 13.5 Å². The van der Waals surface area contributed by atoms with Crippen LogP contribution < -0.4 is 4.74 Å². The summed E-state index contributed by atoms with van der Waals surface area (Å²) >= 11 is 11.5. The molecule has 0 heterocycles. The van der Waals surface area contributed by atoms with Gasteiger partial charge in [0.25, 0.3) is 0 Å². The molecule has 118 valence electrons. The summed E-state index contributed by atoms with van der Waals surface area (Å²) in [5.74, 6) is -0.848. The maximum Gasteiger partial charge on any atom is 0.167 e. The Hall–Kier alpha value is -1.36. The van der Waals surface area contributed by atoms with Gasteiger partial charge in [-0.25, -0.2) is 8.78 Å². The quantitative estimate of drug-likeness (QED) is 0.705. The molecule has 2 aromatic rings. The summed E-state index contributed by atoms with van der Waals surface area (Å²) in [7, 11) is 3.70. The third-order valence-corrected chi connectivity index (χ3v) is 3.92. The number of hydrogen-bond donors (Lipinski definition) is 0. The molecule has 2 nitrogen and oxygen atoms in total. The van der Waals surface area contributed by atoms with Gasteiger partial charge < -0.3 is 9.64 Å². The minimum absolute atomic E-state index is 0.000666. The molecule has 0 spiro atoms. The minimum atomic E-state index is -0.601. The molecule has 0 aliphatic heterocycles. The van der Waals surface area contributed by atoms with Crippen LogP contribution in [0.25, 0.3) is 0 Å². The van der Waals surface area contributed by atoms with E-state index in [1.54, 1.807) is 0 Å². The highest BCUT2D eigenvalue weighted by Crippen LogP contribution is 2.36. The summed E-state index contributed by atoms with van der Waals surface area (Å²) in [6, 6.07) is 6.59. The fourth-order valence-corrected chi connectivity index (χ4v) is 2.23. The summed E-state index contributed by atoms with van der Waals surface area (Å²) in [6.45, 7) is 1.88. The van der Waals surface area contributed by atoms with Crippen LogP contribution in [-0.2, 0) is 0 Å². The van der Waals surface area contributed by atoms with E-state index in [2.05, 4.69) is 0 Å². The predicted octanol–water partition coefficient (Wildman–Crippen LogP) is 5.69. The Morgan fingerprint density at radius 1 is 1.00 bits per heavy atom. The second-order valence-corrected chi connectivity index (χ2v) is 5.96. The van der Waals surface area contributed by atoms with E-state index in [9.17, 15) is 8.78 Å². The number of rotatable bonds is 4. The van der Waals surface area contributed by atoms with Gasteiger partial charge in [-0.1, -0.05) is 23.2 Å². The van der Waals surface area contributed by atoms with Gasteiger partial charge in [0.15, 0.2) is 11.6 Å². The third kappa shape index (κ3) is 3.69. The molecule has 22 heavy (non-hydrogen) atoms. The SMILES string of the molecule is CC(c1cc(F)c(Cl)cc1Oc1ccc(Cl)cc1F)N(C)C. The second-order valence-electron chi connectivity index (χ2n) is 5.12. The molecule has 0 amide bonds. The third-order valence-electron chi connectivity index (χ3n) is 3.39. The summed E-state index contributed by atoms with van der Waals surface area (Å²) in [4.78, 5) is 1.88. The van der Waals surface area contributed by atoms with Gasteiger partial charge in [0, 0.05) is 22.7 Å². The van der Waals surface area contributed by atoms with Gasteiger partial charge in [-0.3, -0.25) is 0 Å². The number of halogens is 4. The Labute approximate surface area is 138 Å². The topological polar surface area (TPSA) is 12.5 Å². The molecule has 0 aliphatic carbocycles. The van der Waals surface area contributed by atoms with E-state index in [4.69, 9.17) is 27.9 Å². The summed E-state index contributed by atoms with van der Waals surface area (Å²) in [5.41, 5.74) is 0.571. The number of nitrogens with zero attached hydrogens (tertiary/aromatic N) is 1. The lowest BCUT2D eigenvalue weighted by molar-refractivity contribution is 0.311. The Balaban J connectivity index is 2.47. The minimum Gasteiger partial charge on any atom is -0.454 e. The largest absolute Gasteiger partial charge is 0.454 e. The highest BCUT2D eigenvalue weighted by Gasteiger charge is 2.18. The van der Waals surface area contributed by atoms with Crippen molar-refractivity contribution in [3.63, 3.8) is 0 Å². The molecule has 2 aromatic carbocycles. The van der Waals surface area contributed by atoms with Crippen LogP contribution in [0.4, 0.5) is 8.78 Å². The van der Waals surface area contributed by atoms with Crippen molar-refractivity contribution in [2.45, 2.75) is 13.0 Å². The van der Waals surface area contributed by atoms with Gasteiger partial charge in [0.1, 0.15) is 11.6 Å². The zero-order chi connectivity index (χ0) is 16.4. The van der Waals surface area contributed by atoms with Crippen LogP contribution in [0.2, 0.25) is 10.0 Å². The van der Waals surface area contributed by atoms with Crippen molar-refractivity contribution in [2.24, 2.45) is 0 Å². The van der Waals surface area contributed by atoms with Crippen LogP contribution in [0.1, 0.15) is 18.5 Å². The van der Waals surface area contributed by atoms with Gasteiger partial charge in [0.05, 0.1) is 5.02 Å². The first-order valence-electron chi connectivity index (χ1n) is 6.58. The molecule has 2 rings (SSSR count). The van der Waals surface area contributed by atoms with Crippen LogP contribution in [0.5, 0.6) is 11.5 Å². The van der Waals surface area contributed by atoms with Crippen molar-refractivity contribution in [3.8, 4) is 11.5 Å². The van der Waals surface area contributed by atoms with Crippen molar-refractivity contribution in [3.05, 3.63) is 57.6 Å². The van der Waals surface area contributed by atoms with Crippen molar-refractivity contribution >= 4 is 23.2 Å². The molecular weight excluding hydrogens is 331 g/mol. The van der Waals surface area contributed by atoms with Gasteiger partial charge in [-0.2, -0.15) is 0 Å². The number of benzene rings is 2. The van der Waals surface area contributed by atoms with Crippen LogP contribution in [0.3, 0.4) is 0 Å². The summed E-state index contributed by atoms with van der Waals surface area (Å²) in [5, 5.41) is 0.183. The van der Waals surface area contributed by atoms with E-state index in [0.717, 1.165) is 6.07 Å². The van der Waals surface area contributed by atoms with Crippen LogP contribution in [0.15, 0.2) is 30.3 Å². The average molecular weight is 346 g/mol. The van der Waals surface area contributed by atoms with E-state index < -0.39 is 11.6 Å². The standard InChI is InChI=1S/C16H15Cl2F2NO/c1-9(21(2)3)11-7-13(19)12(18)8-16(11)22-15-5-4-10(17)6-14(15)20/h4-9H,1-3H3. The van der Waals surface area contributed by atoms with E-state index in [1.165, 1.54) is 24.3 Å². The van der Waals surface area contributed by atoms with E-state index in [-0.39, 0.29) is 21.8 Å². The van der Waals surface area contributed by atoms with E-state index in [1.807, 2.05) is 25.9 Å². The molecule has 1 unspecified atom stereocenters. The molecule has 0 bridgehead atoms. The van der Waals surface area contributed by atoms with E-state index >= 15 is 0 Å². The molecule has 0 N–H and O–H groups in total. The Morgan fingerprint density at radius 2 is 1.68 bits per heavy atom. The van der Waals surface area contributed by atoms with Crippen LogP contribution in [0, 0.1) is 11.6 Å². The van der Waals surface area contributed by atoms with Crippen LogP contribution >= 0.6 is 23.2 Å². The first-order valence-corrected chi connectivity index (χ1v) is 7.33. The van der Waals surface area contributed by atoms with Crippen LogP contribution in [-0.4, -0.2) is 19.0 Å². The fourth-order valence-electron chi connectivity index (χ4n) is 1.91. The lowest BCUT2D eigenvalue weighted by atomic mass is 10.1. The fraction of sp³-hybridized carbons (Fsp3) is 0.250. The summed E-state index contributed by atoms with van der Waals surface area (Å²) < 4.78 is 33.2. The van der Waals surface area contributed by atoms with E-state index in [0.29, 0.717) is 11.3 Å². The monoisotopic (exact) mass is 345 g/mol. The first-order chi connectivity index (χ1) is 10.3. The number of ether oxygens (including phenoxy) is 1. The maximum atomic E-state index is 13.9. The highest BCUT2D eigenvalue weighted by atomic mass is 35.5. The lowest BCUT2D eigenvalue weighted by Gasteiger charge is -2.23. The second kappa shape index (κ2) is 6.82. The molecule has 0 saturated carbocycles. The molecule has 0 fully saturated rings. The van der Waals surface area contributed by atoms with Gasteiger partial charge in [-0.05, 0) is 45.3 Å². The van der Waals surface area contributed by atoms with Crippen molar-refractivity contribution in [1.82, 2.24) is 4.90 Å². The maximum absolute atomic E-state index is 13.9.